The molecule has 0 heterocycles. The molecule has 0 aliphatic rings. The second kappa shape index (κ2) is 8.59. The van der Waals surface area contributed by atoms with Gasteiger partial charge in [0.25, 0.3) is 0 Å². The fraction of sp³-hybridized carbons (Fsp3) is 0.208. The maximum atomic E-state index is 13.3. The number of benzene rings is 3. The molecular formula is C24H26BrO2P. The van der Waals surface area contributed by atoms with Crippen molar-refractivity contribution in [2.75, 3.05) is 6.61 Å². The van der Waals surface area contributed by atoms with Crippen molar-refractivity contribution >= 4 is 42.7 Å². The molecule has 0 N–H and O–H groups in total. The molecule has 3 rings (SSSR count). The van der Waals surface area contributed by atoms with Gasteiger partial charge in [0.1, 0.15) is 0 Å². The normalized spacial score (nSPS) is 13.9. The second-order valence-corrected chi connectivity index (χ2v) is 15.5. The standard InChI is InChI=1S/C24H26BrO2P/c1-3-23(24(26)27-4-2)28(25,20-14-8-5-9-15-20,21-16-10-6-11-17-21)22-18-12-7-13-19-22/h5-19,23H,3-4H2,1-2H3. The molecule has 3 aromatic carbocycles. The topological polar surface area (TPSA) is 26.3 Å². The van der Waals surface area contributed by atoms with Gasteiger partial charge in [-0.1, -0.05) is 0 Å². The minimum absolute atomic E-state index is 0.156. The average Bonchev–Trinajstić information content (AvgIpc) is 2.76. The van der Waals surface area contributed by atoms with Gasteiger partial charge in [0.2, 0.25) is 0 Å². The van der Waals surface area contributed by atoms with E-state index in [1.54, 1.807) is 0 Å². The van der Waals surface area contributed by atoms with E-state index in [1.807, 2.05) is 61.5 Å². The molecule has 0 aliphatic heterocycles. The van der Waals surface area contributed by atoms with E-state index < -0.39 is 5.31 Å². The first kappa shape index (κ1) is 20.8. The fourth-order valence-electron chi connectivity index (χ4n) is 4.09. The Morgan fingerprint density at radius 1 is 0.786 bits per heavy atom. The Morgan fingerprint density at radius 2 is 1.14 bits per heavy atom. The Balaban J connectivity index is 2.49. The van der Waals surface area contributed by atoms with Crippen LogP contribution in [0.15, 0.2) is 91.0 Å². The first-order valence-corrected chi connectivity index (χ1v) is 14.0. The van der Waals surface area contributed by atoms with Crippen molar-refractivity contribution in [3.8, 4) is 0 Å². The third kappa shape index (κ3) is 3.21. The summed E-state index contributed by atoms with van der Waals surface area (Å²) < 4.78 is 5.59. The third-order valence-electron chi connectivity index (χ3n) is 5.31. The van der Waals surface area contributed by atoms with Gasteiger partial charge in [0.05, 0.1) is 0 Å². The Hall–Kier alpha value is -1.96. The number of hydrogen-bond acceptors (Lipinski definition) is 2. The number of esters is 1. The first-order chi connectivity index (χ1) is 13.6. The van der Waals surface area contributed by atoms with Gasteiger partial charge in [0, 0.05) is 0 Å². The molecule has 146 valence electrons. The SMILES string of the molecule is CCOC(=O)C(CC)P(Br)(c1ccccc1)(c1ccccc1)c1ccccc1. The summed E-state index contributed by atoms with van der Waals surface area (Å²) in [5.41, 5.74) is -0.335. The van der Waals surface area contributed by atoms with E-state index in [2.05, 4.69) is 58.8 Å². The van der Waals surface area contributed by atoms with E-state index in [9.17, 15) is 4.79 Å². The van der Waals surface area contributed by atoms with Crippen LogP contribution >= 0.6 is 20.8 Å². The fourth-order valence-corrected chi connectivity index (χ4v) is 13.0. The van der Waals surface area contributed by atoms with Crippen molar-refractivity contribution < 1.29 is 9.53 Å². The summed E-state index contributed by atoms with van der Waals surface area (Å²) in [6.45, 7) is 4.30. The van der Waals surface area contributed by atoms with Gasteiger partial charge < -0.3 is 0 Å². The van der Waals surface area contributed by atoms with Crippen LogP contribution < -0.4 is 15.9 Å². The Morgan fingerprint density at radius 3 is 1.43 bits per heavy atom. The predicted octanol–water partition coefficient (Wildman–Crippen LogP) is 5.17. The summed E-state index contributed by atoms with van der Waals surface area (Å²) >= 11 is 4.34. The molecule has 4 heteroatoms. The quantitative estimate of drug-likeness (QED) is 0.362. The molecule has 2 nitrogen and oxygen atoms in total. The zero-order chi connectivity index (χ0) is 20.1. The van der Waals surface area contributed by atoms with Crippen LogP contribution in [0.25, 0.3) is 0 Å². The maximum absolute atomic E-state index is 13.3. The van der Waals surface area contributed by atoms with Gasteiger partial charge in [-0.15, -0.1) is 0 Å². The molecule has 1 atom stereocenters. The van der Waals surface area contributed by atoms with Crippen molar-refractivity contribution in [1.82, 2.24) is 0 Å². The van der Waals surface area contributed by atoms with Crippen LogP contribution in [0.3, 0.4) is 0 Å². The molecule has 3 aromatic rings. The zero-order valence-electron chi connectivity index (χ0n) is 16.3. The molecule has 0 saturated carbocycles. The number of ether oxygens (including phenoxy) is 1. The van der Waals surface area contributed by atoms with Crippen LogP contribution in [-0.2, 0) is 9.53 Å². The van der Waals surface area contributed by atoms with Crippen LogP contribution in [-0.4, -0.2) is 18.2 Å². The van der Waals surface area contributed by atoms with E-state index in [0.29, 0.717) is 13.0 Å². The first-order valence-electron chi connectivity index (χ1n) is 9.64. The number of carbonyl (C=O) groups is 1. The van der Waals surface area contributed by atoms with Crippen molar-refractivity contribution in [1.29, 1.82) is 0 Å². The average molecular weight is 457 g/mol. The van der Waals surface area contributed by atoms with Crippen molar-refractivity contribution in [3.63, 3.8) is 0 Å². The van der Waals surface area contributed by atoms with Gasteiger partial charge in [-0.2, -0.15) is 0 Å². The van der Waals surface area contributed by atoms with E-state index in [4.69, 9.17) is 4.74 Å². The van der Waals surface area contributed by atoms with Crippen molar-refractivity contribution in [2.24, 2.45) is 0 Å². The molecule has 0 aliphatic carbocycles. The number of rotatable bonds is 7. The van der Waals surface area contributed by atoms with E-state index >= 15 is 0 Å². The van der Waals surface area contributed by atoms with Crippen LogP contribution in [0.4, 0.5) is 0 Å². The molecule has 0 radical (unpaired) electrons. The third-order valence-corrected chi connectivity index (χ3v) is 16.2. The second-order valence-electron chi connectivity index (χ2n) is 6.76. The molecule has 0 amide bonds. The number of halogens is 1. The predicted molar refractivity (Wildman–Crippen MR) is 125 cm³/mol. The minimum atomic E-state index is -3.34. The van der Waals surface area contributed by atoms with Crippen LogP contribution in [0.1, 0.15) is 20.3 Å². The van der Waals surface area contributed by atoms with Gasteiger partial charge in [-0.05, 0) is 0 Å². The van der Waals surface area contributed by atoms with Gasteiger partial charge in [-0.25, -0.2) is 0 Å². The Kier molecular flexibility index (Phi) is 6.37. The molecule has 0 spiro atoms. The van der Waals surface area contributed by atoms with Gasteiger partial charge in [0.15, 0.2) is 0 Å². The summed E-state index contributed by atoms with van der Waals surface area (Å²) in [7, 11) is 0. The van der Waals surface area contributed by atoms with Crippen molar-refractivity contribution in [2.45, 2.75) is 25.9 Å². The number of carbonyl (C=O) groups excluding carboxylic acids is 1. The van der Waals surface area contributed by atoms with Crippen molar-refractivity contribution in [3.05, 3.63) is 91.0 Å². The Labute approximate surface area is 175 Å². The van der Waals surface area contributed by atoms with Crippen LogP contribution in [0.2, 0.25) is 0 Å². The van der Waals surface area contributed by atoms with Gasteiger partial charge >= 0.3 is 176 Å². The monoisotopic (exact) mass is 456 g/mol. The summed E-state index contributed by atoms with van der Waals surface area (Å²) in [6.07, 6.45) is 0.667. The number of hydrogen-bond donors (Lipinski definition) is 0. The zero-order valence-corrected chi connectivity index (χ0v) is 18.8. The molecule has 1 unspecified atom stereocenters. The summed E-state index contributed by atoms with van der Waals surface area (Å²) in [6, 6.07) is 31.1. The van der Waals surface area contributed by atoms with Crippen LogP contribution in [0, 0.1) is 0 Å². The van der Waals surface area contributed by atoms with Gasteiger partial charge in [-0.3, -0.25) is 0 Å². The molecule has 0 fully saturated rings. The summed E-state index contributed by atoms with van der Waals surface area (Å²) in [5.74, 6) is -0.156. The van der Waals surface area contributed by atoms with E-state index in [-0.39, 0.29) is 11.6 Å². The van der Waals surface area contributed by atoms with Crippen LogP contribution in [0.5, 0.6) is 0 Å². The molecule has 28 heavy (non-hydrogen) atoms. The van der Waals surface area contributed by atoms with E-state index in [0.717, 1.165) is 15.9 Å². The Bertz CT molecular complexity index is 814. The summed E-state index contributed by atoms with van der Waals surface area (Å²) in [4.78, 5) is 13.3. The molecule has 0 saturated heterocycles. The summed E-state index contributed by atoms with van der Waals surface area (Å²) in [5, 5.41) is 0.0546. The molecule has 0 bridgehead atoms. The molecular weight excluding hydrogens is 431 g/mol. The molecule has 0 aromatic heterocycles. The van der Waals surface area contributed by atoms with E-state index in [1.165, 1.54) is 0 Å².